The molecule has 0 aromatic heterocycles. The number of rotatable bonds is 6. The minimum Gasteiger partial charge on any atom is -0.444 e. The first kappa shape index (κ1) is 19.3. The minimum atomic E-state index is -3.62. The van der Waals surface area contributed by atoms with Gasteiger partial charge in [0.25, 0.3) is 10.1 Å². The molecule has 0 spiro atoms. The molecule has 0 saturated carbocycles. The van der Waals surface area contributed by atoms with Crippen LogP contribution in [0.4, 0.5) is 4.79 Å². The van der Waals surface area contributed by atoms with E-state index >= 15 is 0 Å². The maximum atomic E-state index is 12.1. The van der Waals surface area contributed by atoms with E-state index in [1.54, 1.807) is 20.8 Å². The number of nitrogens with zero attached hydrogens (tertiary/aromatic N) is 1. The summed E-state index contributed by atoms with van der Waals surface area (Å²) in [6.07, 6.45) is 0.642. The van der Waals surface area contributed by atoms with Crippen molar-refractivity contribution in [2.45, 2.75) is 44.9 Å². The van der Waals surface area contributed by atoms with Crippen LogP contribution in [0.5, 0.6) is 0 Å². The number of carbonyl (C=O) groups is 1. The van der Waals surface area contributed by atoms with Gasteiger partial charge in [0, 0.05) is 0 Å². The first-order chi connectivity index (χ1) is 9.89. The second kappa shape index (κ2) is 7.21. The Kier molecular flexibility index (Phi) is 6.33. The highest BCUT2D eigenvalue weighted by Gasteiger charge is 2.44. The highest BCUT2D eigenvalue weighted by atomic mass is 32.2. The van der Waals surface area contributed by atoms with Gasteiger partial charge in [0.15, 0.2) is 0 Å². The van der Waals surface area contributed by atoms with Crippen molar-refractivity contribution in [1.82, 2.24) is 4.90 Å². The summed E-state index contributed by atoms with van der Waals surface area (Å²) in [6, 6.07) is -0.968. The van der Waals surface area contributed by atoms with Crippen LogP contribution in [-0.4, -0.2) is 65.3 Å². The van der Waals surface area contributed by atoms with E-state index in [0.29, 0.717) is 6.42 Å². The Morgan fingerprint density at radius 1 is 1.32 bits per heavy atom. The van der Waals surface area contributed by atoms with Crippen molar-refractivity contribution in [1.29, 1.82) is 0 Å². The Labute approximate surface area is 132 Å². The Balaban J connectivity index is 2.69. The van der Waals surface area contributed by atoms with E-state index in [2.05, 4.69) is 4.18 Å². The molecule has 1 aliphatic heterocycles. The lowest BCUT2D eigenvalue weighted by Gasteiger charge is -2.47. The minimum absolute atomic E-state index is 0.155. The number of hydrogen-bond donors (Lipinski definition) is 1. The molecule has 11 heteroatoms. The second-order valence-corrected chi connectivity index (χ2v) is 8.24. The Hall–Kier alpha value is -0.750. The predicted molar refractivity (Wildman–Crippen MR) is 77.8 cm³/mol. The fourth-order valence-electron chi connectivity index (χ4n) is 1.95. The number of amides is 1. The topological polar surface area (TPSA) is 119 Å². The summed E-state index contributed by atoms with van der Waals surface area (Å²) < 4.78 is 55.7. The fourth-order valence-corrected chi connectivity index (χ4v) is 2.63. The molecule has 9 nitrogen and oxygen atoms in total. The summed E-state index contributed by atoms with van der Waals surface area (Å²) >= 11 is -2.44. The van der Waals surface area contributed by atoms with Gasteiger partial charge in [-0.05, 0) is 27.2 Å². The van der Waals surface area contributed by atoms with Gasteiger partial charge in [0.05, 0.1) is 31.6 Å². The maximum Gasteiger partial charge on any atom is 0.410 e. The van der Waals surface area contributed by atoms with E-state index in [9.17, 15) is 17.4 Å². The molecular weight excluding hydrogens is 338 g/mol. The van der Waals surface area contributed by atoms with E-state index < -0.39 is 45.3 Å². The van der Waals surface area contributed by atoms with Gasteiger partial charge in [-0.2, -0.15) is 12.6 Å². The molecule has 130 valence electrons. The molecule has 3 atom stereocenters. The third-order valence-electron chi connectivity index (χ3n) is 2.77. The van der Waals surface area contributed by atoms with Crippen LogP contribution >= 0.6 is 0 Å². The van der Waals surface area contributed by atoms with Gasteiger partial charge in [-0.1, -0.05) is 0 Å². The third kappa shape index (κ3) is 6.57. The van der Waals surface area contributed by atoms with Gasteiger partial charge in [0.1, 0.15) is 5.60 Å². The molecular formula is C11H21NO8S2. The molecule has 0 radical (unpaired) electrons. The molecule has 0 aliphatic carbocycles. The van der Waals surface area contributed by atoms with Crippen LogP contribution in [0.3, 0.4) is 0 Å². The van der Waals surface area contributed by atoms with Crippen molar-refractivity contribution in [2.75, 3.05) is 19.5 Å². The van der Waals surface area contributed by atoms with Crippen LogP contribution < -0.4 is 0 Å². The van der Waals surface area contributed by atoms with Crippen LogP contribution in [0, 0.1) is 0 Å². The summed E-state index contributed by atoms with van der Waals surface area (Å²) in [5.74, 6) is 0. The maximum absolute atomic E-state index is 12.1. The lowest BCUT2D eigenvalue weighted by atomic mass is 9.95. The fraction of sp³-hybridized carbons (Fsp3) is 0.909. The third-order valence-corrected chi connectivity index (χ3v) is 3.67. The first-order valence-electron chi connectivity index (χ1n) is 6.49. The van der Waals surface area contributed by atoms with E-state index in [0.717, 1.165) is 6.26 Å². The molecule has 1 rings (SSSR count). The molecule has 1 N–H and O–H groups in total. The van der Waals surface area contributed by atoms with Crippen LogP contribution in [0.25, 0.3) is 0 Å². The number of ether oxygens (including phenoxy) is 1. The van der Waals surface area contributed by atoms with Crippen molar-refractivity contribution in [3.63, 3.8) is 0 Å². The number of carbonyl (C=O) groups excluding carboxylic acids is 1. The lowest BCUT2D eigenvalue weighted by Crippen LogP contribution is -2.62. The second-order valence-electron chi connectivity index (χ2n) is 5.92. The largest absolute Gasteiger partial charge is 0.444 e. The van der Waals surface area contributed by atoms with Gasteiger partial charge in [-0.25, -0.2) is 4.79 Å². The average Bonchev–Trinajstić information content (AvgIpc) is 2.21. The smallest absolute Gasteiger partial charge is 0.410 e. The van der Waals surface area contributed by atoms with Crippen molar-refractivity contribution in [3.05, 3.63) is 0 Å². The van der Waals surface area contributed by atoms with Crippen LogP contribution in [-0.2, 0) is 34.6 Å². The number of hydrogen-bond acceptors (Lipinski definition) is 7. The molecule has 1 unspecified atom stereocenters. The zero-order valence-corrected chi connectivity index (χ0v) is 14.5. The van der Waals surface area contributed by atoms with E-state index in [1.807, 2.05) is 0 Å². The zero-order valence-electron chi connectivity index (χ0n) is 12.8. The molecule has 1 saturated heterocycles. The van der Waals surface area contributed by atoms with E-state index in [-0.39, 0.29) is 13.2 Å². The molecule has 1 amide bonds. The van der Waals surface area contributed by atoms with Gasteiger partial charge in [-0.15, -0.1) is 0 Å². The first-order valence-corrected chi connectivity index (χ1v) is 9.34. The van der Waals surface area contributed by atoms with Gasteiger partial charge >= 0.3 is 17.5 Å². The van der Waals surface area contributed by atoms with Gasteiger partial charge in [-0.3, -0.25) is 17.8 Å². The lowest BCUT2D eigenvalue weighted by molar-refractivity contribution is -0.0519. The quantitative estimate of drug-likeness (QED) is 0.537. The van der Waals surface area contributed by atoms with Crippen molar-refractivity contribution >= 4 is 27.6 Å². The summed E-state index contributed by atoms with van der Waals surface area (Å²) in [5, 5.41) is 0. The number of likely N-dealkylation sites (tertiary alicyclic amines) is 1. The normalized spacial score (nSPS) is 23.8. The van der Waals surface area contributed by atoms with Gasteiger partial charge < -0.3 is 4.74 Å². The molecule has 0 aromatic rings. The Morgan fingerprint density at radius 3 is 2.32 bits per heavy atom. The zero-order chi connectivity index (χ0) is 17.1. The molecule has 0 aromatic carbocycles. The van der Waals surface area contributed by atoms with E-state index in [1.165, 1.54) is 4.90 Å². The SMILES string of the molecule is CC(C)(C)OC(=O)N1[C@H](COS(C)(=O)=O)C[C@@H]1COS(=O)O. The summed E-state index contributed by atoms with van der Waals surface area (Å²) in [7, 11) is -3.62. The van der Waals surface area contributed by atoms with Crippen LogP contribution in [0.2, 0.25) is 0 Å². The highest BCUT2D eigenvalue weighted by Crippen LogP contribution is 2.29. The standard InChI is InChI=1S/C11H21NO8S2/c1-11(2,3)20-10(13)12-8(6-18-21(14)15)5-9(12)7-19-22(4,16)17/h8-9H,5-7H2,1-4H3,(H,14,15)/t8-,9+/m1/s1. The summed E-state index contributed by atoms with van der Waals surface area (Å²) in [5.41, 5.74) is -0.722. The molecule has 1 fully saturated rings. The van der Waals surface area contributed by atoms with Crippen LogP contribution in [0.1, 0.15) is 27.2 Å². The van der Waals surface area contributed by atoms with Crippen LogP contribution in [0.15, 0.2) is 0 Å². The Bertz CT molecular complexity index is 527. The average molecular weight is 359 g/mol. The molecule has 22 heavy (non-hydrogen) atoms. The van der Waals surface area contributed by atoms with Crippen molar-refractivity contribution in [3.8, 4) is 0 Å². The summed E-state index contributed by atoms with van der Waals surface area (Å²) in [6.45, 7) is 4.73. The van der Waals surface area contributed by atoms with E-state index in [4.69, 9.17) is 13.5 Å². The summed E-state index contributed by atoms with van der Waals surface area (Å²) in [4.78, 5) is 13.4. The molecule has 1 heterocycles. The molecule has 0 bridgehead atoms. The monoisotopic (exact) mass is 359 g/mol. The Morgan fingerprint density at radius 2 is 1.86 bits per heavy atom. The van der Waals surface area contributed by atoms with Gasteiger partial charge in [0.2, 0.25) is 0 Å². The van der Waals surface area contributed by atoms with Crippen molar-refractivity contribution in [2.24, 2.45) is 0 Å². The highest BCUT2D eigenvalue weighted by molar-refractivity contribution is 7.85. The van der Waals surface area contributed by atoms with Crippen molar-refractivity contribution < 1.29 is 35.1 Å². The predicted octanol–water partition coefficient (Wildman–Crippen LogP) is 0.494. The molecule has 1 aliphatic rings.